The molecule has 1 saturated heterocycles. The zero-order valence-corrected chi connectivity index (χ0v) is 14.7. The van der Waals surface area contributed by atoms with Crippen LogP contribution in [0.15, 0.2) is 18.2 Å². The van der Waals surface area contributed by atoms with Crippen molar-refractivity contribution < 1.29 is 36.6 Å². The van der Waals surface area contributed by atoms with Crippen LogP contribution in [-0.4, -0.2) is 79.8 Å². The Labute approximate surface area is 149 Å². The molecule has 1 aliphatic heterocycles. The molecule has 0 bridgehead atoms. The van der Waals surface area contributed by atoms with E-state index in [1.165, 1.54) is 4.90 Å². The van der Waals surface area contributed by atoms with Crippen molar-refractivity contribution in [1.29, 1.82) is 0 Å². The van der Waals surface area contributed by atoms with Gasteiger partial charge in [0.1, 0.15) is 18.2 Å². The Kier molecular flexibility index (Phi) is 6.26. The van der Waals surface area contributed by atoms with E-state index in [2.05, 4.69) is 0 Å². The lowest BCUT2D eigenvalue weighted by atomic mass is 10.1. The summed E-state index contributed by atoms with van der Waals surface area (Å²) in [5, 5.41) is 8.83. The maximum absolute atomic E-state index is 13.8. The SMILES string of the molecule is CS(=O)(=O)N(CC(=O)O)CC1CN(C(=O)c2cc(F)ccc2F)CCO1. The third kappa shape index (κ3) is 5.19. The van der Waals surface area contributed by atoms with Gasteiger partial charge in [0.05, 0.1) is 24.5 Å². The molecule has 1 unspecified atom stereocenters. The van der Waals surface area contributed by atoms with E-state index in [9.17, 15) is 26.8 Å². The topological polar surface area (TPSA) is 104 Å². The number of benzene rings is 1. The molecular weight excluding hydrogens is 374 g/mol. The number of nitrogens with zero attached hydrogens (tertiary/aromatic N) is 2. The van der Waals surface area contributed by atoms with Gasteiger partial charge in [-0.25, -0.2) is 17.2 Å². The Morgan fingerprint density at radius 3 is 2.69 bits per heavy atom. The fraction of sp³-hybridized carbons (Fsp3) is 0.467. The van der Waals surface area contributed by atoms with Gasteiger partial charge >= 0.3 is 5.97 Å². The van der Waals surface area contributed by atoms with E-state index in [0.717, 1.165) is 28.8 Å². The van der Waals surface area contributed by atoms with Crippen LogP contribution in [0.5, 0.6) is 0 Å². The van der Waals surface area contributed by atoms with E-state index in [4.69, 9.17) is 9.84 Å². The van der Waals surface area contributed by atoms with Crippen molar-refractivity contribution in [2.75, 3.05) is 39.0 Å². The fourth-order valence-electron chi connectivity index (χ4n) is 2.54. The predicted molar refractivity (Wildman–Crippen MR) is 86.1 cm³/mol. The molecule has 26 heavy (non-hydrogen) atoms. The summed E-state index contributed by atoms with van der Waals surface area (Å²) >= 11 is 0. The maximum Gasteiger partial charge on any atom is 0.318 e. The second-order valence-corrected chi connectivity index (χ2v) is 7.80. The number of amides is 1. The lowest BCUT2D eigenvalue weighted by Gasteiger charge is -2.35. The maximum atomic E-state index is 13.8. The van der Waals surface area contributed by atoms with Crippen LogP contribution < -0.4 is 0 Å². The van der Waals surface area contributed by atoms with Gasteiger partial charge in [-0.05, 0) is 18.2 Å². The van der Waals surface area contributed by atoms with Crippen LogP contribution in [0.4, 0.5) is 8.78 Å². The zero-order valence-electron chi connectivity index (χ0n) is 13.9. The summed E-state index contributed by atoms with van der Waals surface area (Å²) < 4.78 is 56.6. The van der Waals surface area contributed by atoms with Crippen molar-refractivity contribution in [3.05, 3.63) is 35.4 Å². The highest BCUT2D eigenvalue weighted by atomic mass is 32.2. The minimum atomic E-state index is -3.80. The molecule has 1 heterocycles. The fourth-order valence-corrected chi connectivity index (χ4v) is 3.32. The summed E-state index contributed by atoms with van der Waals surface area (Å²) in [4.78, 5) is 24.5. The number of aliphatic carboxylic acids is 1. The van der Waals surface area contributed by atoms with Gasteiger partial charge in [-0.15, -0.1) is 0 Å². The number of carbonyl (C=O) groups is 2. The van der Waals surface area contributed by atoms with E-state index < -0.39 is 51.7 Å². The largest absolute Gasteiger partial charge is 0.480 e. The first-order chi connectivity index (χ1) is 12.1. The number of carboxylic acids is 1. The summed E-state index contributed by atoms with van der Waals surface area (Å²) in [6.45, 7) is -0.937. The summed E-state index contributed by atoms with van der Waals surface area (Å²) in [5.74, 6) is -3.72. The van der Waals surface area contributed by atoms with Crippen LogP contribution in [0, 0.1) is 11.6 Å². The molecule has 0 spiro atoms. The molecule has 2 rings (SSSR count). The van der Waals surface area contributed by atoms with Gasteiger partial charge in [-0.3, -0.25) is 9.59 Å². The molecule has 1 atom stereocenters. The highest BCUT2D eigenvalue weighted by Gasteiger charge is 2.31. The molecule has 0 aliphatic carbocycles. The number of ether oxygens (including phenoxy) is 1. The summed E-state index contributed by atoms with van der Waals surface area (Å²) in [7, 11) is -3.80. The van der Waals surface area contributed by atoms with E-state index in [-0.39, 0.29) is 26.2 Å². The number of halogens is 2. The van der Waals surface area contributed by atoms with Gasteiger partial charge in [0.15, 0.2) is 0 Å². The number of carbonyl (C=O) groups excluding carboxylic acids is 1. The third-order valence-electron chi connectivity index (χ3n) is 3.77. The first kappa shape index (κ1) is 20.2. The van der Waals surface area contributed by atoms with Crippen LogP contribution >= 0.6 is 0 Å². The standard InChI is InChI=1S/C15H18F2N2O6S/c1-26(23,24)19(9-14(20)21)8-11-7-18(4-5-25-11)15(22)12-6-10(16)2-3-13(12)17/h2-3,6,11H,4-5,7-9H2,1H3,(H,20,21). The smallest absolute Gasteiger partial charge is 0.318 e. The molecule has 1 aromatic rings. The molecule has 11 heteroatoms. The van der Waals surface area contributed by atoms with E-state index >= 15 is 0 Å². The summed E-state index contributed by atoms with van der Waals surface area (Å²) in [5.41, 5.74) is -0.434. The van der Waals surface area contributed by atoms with E-state index in [0.29, 0.717) is 0 Å². The number of hydrogen-bond acceptors (Lipinski definition) is 5. The highest BCUT2D eigenvalue weighted by molar-refractivity contribution is 7.88. The van der Waals surface area contributed by atoms with Crippen LogP contribution in [-0.2, 0) is 19.6 Å². The molecule has 1 aliphatic rings. The van der Waals surface area contributed by atoms with Crippen LogP contribution in [0.25, 0.3) is 0 Å². The Bertz CT molecular complexity index is 801. The first-order valence-electron chi connectivity index (χ1n) is 7.60. The average Bonchev–Trinajstić information content (AvgIpc) is 2.55. The predicted octanol–water partition coefficient (Wildman–Crippen LogP) is 0.152. The Balaban J connectivity index is 2.11. The zero-order chi connectivity index (χ0) is 19.5. The van der Waals surface area contributed by atoms with Crippen molar-refractivity contribution >= 4 is 21.9 Å². The molecule has 144 valence electrons. The van der Waals surface area contributed by atoms with E-state index in [1.807, 2.05) is 0 Å². The van der Waals surface area contributed by atoms with Crippen molar-refractivity contribution in [3.8, 4) is 0 Å². The molecule has 0 aromatic heterocycles. The second-order valence-electron chi connectivity index (χ2n) is 5.82. The number of rotatable bonds is 6. The molecule has 8 nitrogen and oxygen atoms in total. The molecule has 1 aromatic carbocycles. The summed E-state index contributed by atoms with van der Waals surface area (Å²) in [6.07, 6.45) is 0.0717. The minimum Gasteiger partial charge on any atom is -0.480 e. The van der Waals surface area contributed by atoms with Crippen molar-refractivity contribution in [2.24, 2.45) is 0 Å². The third-order valence-corrected chi connectivity index (χ3v) is 4.99. The Hall–Kier alpha value is -2.11. The molecule has 1 amide bonds. The van der Waals surface area contributed by atoms with Gasteiger partial charge < -0.3 is 14.7 Å². The summed E-state index contributed by atoms with van der Waals surface area (Å²) in [6, 6.07) is 2.53. The second kappa shape index (κ2) is 8.06. The van der Waals surface area contributed by atoms with Gasteiger partial charge in [0.25, 0.3) is 5.91 Å². The van der Waals surface area contributed by atoms with Gasteiger partial charge in [-0.2, -0.15) is 4.31 Å². The minimum absolute atomic E-state index is 0.0536. The number of sulfonamides is 1. The van der Waals surface area contributed by atoms with Gasteiger partial charge in [-0.1, -0.05) is 0 Å². The van der Waals surface area contributed by atoms with Crippen molar-refractivity contribution in [2.45, 2.75) is 6.10 Å². The first-order valence-corrected chi connectivity index (χ1v) is 9.45. The monoisotopic (exact) mass is 392 g/mol. The van der Waals surface area contributed by atoms with Crippen molar-refractivity contribution in [1.82, 2.24) is 9.21 Å². The number of morpholine rings is 1. The van der Waals surface area contributed by atoms with Crippen LogP contribution in [0.1, 0.15) is 10.4 Å². The van der Waals surface area contributed by atoms with Crippen molar-refractivity contribution in [3.63, 3.8) is 0 Å². The molecule has 1 N–H and O–H groups in total. The Morgan fingerprint density at radius 2 is 2.08 bits per heavy atom. The highest BCUT2D eigenvalue weighted by Crippen LogP contribution is 2.16. The quantitative estimate of drug-likeness (QED) is 0.739. The van der Waals surface area contributed by atoms with E-state index in [1.54, 1.807) is 0 Å². The van der Waals surface area contributed by atoms with Crippen LogP contribution in [0.2, 0.25) is 0 Å². The van der Waals surface area contributed by atoms with Gasteiger partial charge in [0.2, 0.25) is 10.0 Å². The number of carboxylic acid groups (broad SMARTS) is 1. The van der Waals surface area contributed by atoms with Gasteiger partial charge in [0, 0.05) is 19.6 Å². The number of hydrogen-bond donors (Lipinski definition) is 1. The Morgan fingerprint density at radius 1 is 1.38 bits per heavy atom. The normalized spacial score (nSPS) is 18.2. The molecular formula is C15H18F2N2O6S. The lowest BCUT2D eigenvalue weighted by Crippen LogP contribution is -2.51. The lowest BCUT2D eigenvalue weighted by molar-refractivity contribution is -0.137. The molecule has 1 fully saturated rings. The molecule has 0 radical (unpaired) electrons. The average molecular weight is 392 g/mol. The van der Waals surface area contributed by atoms with Crippen LogP contribution in [0.3, 0.4) is 0 Å². The molecule has 0 saturated carbocycles.